The predicted molar refractivity (Wildman–Crippen MR) is 173 cm³/mol. The second kappa shape index (κ2) is 16.1. The Morgan fingerprint density at radius 2 is 1.77 bits per heavy atom. The Bertz CT molecular complexity index is 1760. The fraction of sp³-hybridized carbons (Fsp3) is 0.250. The van der Waals surface area contributed by atoms with Gasteiger partial charge in [0.2, 0.25) is 0 Å². The Labute approximate surface area is 279 Å². The zero-order valence-corrected chi connectivity index (χ0v) is 27.1. The summed E-state index contributed by atoms with van der Waals surface area (Å²) >= 11 is 6.42. The number of hydrogen-bond donors (Lipinski definition) is 3. The number of urea groups is 1. The molecule has 0 saturated heterocycles. The quantitative estimate of drug-likeness (QED) is 0.0941. The lowest BCUT2D eigenvalue weighted by atomic mass is 9.95. The van der Waals surface area contributed by atoms with Crippen LogP contribution in [0.3, 0.4) is 0 Å². The van der Waals surface area contributed by atoms with Crippen LogP contribution in [-0.4, -0.2) is 56.5 Å². The molecule has 1 aliphatic heterocycles. The zero-order valence-electron chi connectivity index (χ0n) is 26.3. The van der Waals surface area contributed by atoms with E-state index in [0.717, 1.165) is 0 Å². The van der Waals surface area contributed by atoms with E-state index in [-0.39, 0.29) is 46.7 Å². The first-order valence-electron chi connectivity index (χ1n) is 14.4. The molecule has 0 aromatic heterocycles. The molecule has 252 valence electrons. The smallest absolute Gasteiger partial charge is 0.338 e. The number of methoxy groups -OCH3 is 2. The minimum atomic E-state index is -0.804. The number of rotatable bonds is 14. The van der Waals surface area contributed by atoms with Crippen molar-refractivity contribution in [1.82, 2.24) is 16.1 Å². The predicted octanol–water partition coefficient (Wildman–Crippen LogP) is 4.56. The highest BCUT2D eigenvalue weighted by Crippen LogP contribution is 2.37. The summed E-state index contributed by atoms with van der Waals surface area (Å²) in [7, 11) is 2.85. The summed E-state index contributed by atoms with van der Waals surface area (Å²) in [6.07, 6.45) is 1.35. The molecular formula is C32H32ClN5O10. The molecule has 3 N–H and O–H groups in total. The minimum Gasteiger partial charge on any atom is -0.493 e. The first-order chi connectivity index (χ1) is 23.0. The standard InChI is InChI=1S/C32H32ClN5O10/c1-5-46-31(40)28-18(2)35-32(41)36-29(28)21-8-11-24(25(14-21)44-3)47-17-27(39)37-34-15-20-12-23(33)30(26(13-20)45-4)48-16-19-6-9-22(10-7-19)38(42)43/h6-15,29H,5,16-17H2,1-4H3,(H,37,39)(H2,35,36,41)/b34-15-/t29-/m0/s1. The van der Waals surface area contributed by atoms with Crippen molar-refractivity contribution in [2.45, 2.75) is 26.5 Å². The van der Waals surface area contributed by atoms with Crippen LogP contribution in [0.5, 0.6) is 23.0 Å². The Kier molecular flexibility index (Phi) is 11.8. The number of halogens is 1. The van der Waals surface area contributed by atoms with Crippen LogP contribution >= 0.6 is 11.6 Å². The first-order valence-corrected chi connectivity index (χ1v) is 14.7. The summed E-state index contributed by atoms with van der Waals surface area (Å²) in [5.74, 6) is -0.0890. The Hall–Kier alpha value is -5.83. The molecule has 16 heteroatoms. The highest BCUT2D eigenvalue weighted by molar-refractivity contribution is 6.32. The summed E-state index contributed by atoms with van der Waals surface area (Å²) < 4.78 is 27.4. The van der Waals surface area contributed by atoms with Crippen LogP contribution in [0, 0.1) is 10.1 Å². The third-order valence-electron chi connectivity index (χ3n) is 6.83. The summed E-state index contributed by atoms with van der Waals surface area (Å²) in [6, 6.07) is 12.6. The molecule has 3 aromatic rings. The van der Waals surface area contributed by atoms with Crippen LogP contribution < -0.4 is 35.0 Å². The van der Waals surface area contributed by atoms with Gasteiger partial charge in [0, 0.05) is 17.8 Å². The van der Waals surface area contributed by atoms with Crippen LogP contribution in [0.2, 0.25) is 5.02 Å². The Balaban J connectivity index is 1.36. The van der Waals surface area contributed by atoms with E-state index in [4.69, 9.17) is 35.3 Å². The van der Waals surface area contributed by atoms with Crippen molar-refractivity contribution in [2.75, 3.05) is 27.4 Å². The summed E-state index contributed by atoms with van der Waals surface area (Å²) in [5, 5.41) is 20.3. The van der Waals surface area contributed by atoms with Crippen LogP contribution in [0.25, 0.3) is 0 Å². The molecule has 0 saturated carbocycles. The number of nitro benzene ring substituents is 1. The lowest BCUT2D eigenvalue weighted by Gasteiger charge is -2.28. The van der Waals surface area contributed by atoms with Crippen LogP contribution in [0.4, 0.5) is 10.5 Å². The molecule has 15 nitrogen and oxygen atoms in total. The van der Waals surface area contributed by atoms with E-state index in [1.807, 2.05) is 0 Å². The lowest BCUT2D eigenvalue weighted by Crippen LogP contribution is -2.45. The van der Waals surface area contributed by atoms with Crippen molar-refractivity contribution in [1.29, 1.82) is 0 Å². The fourth-order valence-electron chi connectivity index (χ4n) is 4.58. The SMILES string of the molecule is CCOC(=O)C1=C(C)NC(=O)N[C@H]1c1ccc(OCC(=O)N/N=C\c2cc(Cl)c(OCc3ccc([N+](=O)[O-])cc3)c(OC)c2)c(OC)c1. The molecule has 3 aromatic carbocycles. The van der Waals surface area contributed by atoms with Gasteiger partial charge in [-0.3, -0.25) is 14.9 Å². The number of allylic oxidation sites excluding steroid dienone is 1. The summed E-state index contributed by atoms with van der Waals surface area (Å²) in [5.41, 5.74) is 4.65. The highest BCUT2D eigenvalue weighted by atomic mass is 35.5. The van der Waals surface area contributed by atoms with Gasteiger partial charge in [0.05, 0.1) is 48.6 Å². The molecule has 1 heterocycles. The van der Waals surface area contributed by atoms with Gasteiger partial charge < -0.3 is 34.3 Å². The van der Waals surface area contributed by atoms with Gasteiger partial charge in [-0.15, -0.1) is 0 Å². The van der Waals surface area contributed by atoms with E-state index in [1.54, 1.807) is 56.3 Å². The number of nitrogens with one attached hydrogen (secondary N) is 3. The van der Waals surface area contributed by atoms with E-state index in [1.165, 1.54) is 32.6 Å². The molecule has 1 atom stereocenters. The lowest BCUT2D eigenvalue weighted by molar-refractivity contribution is -0.384. The van der Waals surface area contributed by atoms with Crippen molar-refractivity contribution in [2.24, 2.45) is 5.10 Å². The Morgan fingerprint density at radius 3 is 2.44 bits per heavy atom. The highest BCUT2D eigenvalue weighted by Gasteiger charge is 2.32. The molecular weight excluding hydrogens is 650 g/mol. The second-order valence-electron chi connectivity index (χ2n) is 10.0. The zero-order chi connectivity index (χ0) is 34.8. The van der Waals surface area contributed by atoms with Gasteiger partial charge in [0.25, 0.3) is 11.6 Å². The van der Waals surface area contributed by atoms with Gasteiger partial charge in [0.1, 0.15) is 6.61 Å². The van der Waals surface area contributed by atoms with E-state index in [2.05, 4.69) is 21.2 Å². The monoisotopic (exact) mass is 681 g/mol. The van der Waals surface area contributed by atoms with Gasteiger partial charge in [-0.2, -0.15) is 5.10 Å². The molecule has 0 aliphatic carbocycles. The van der Waals surface area contributed by atoms with E-state index >= 15 is 0 Å². The second-order valence-corrected chi connectivity index (χ2v) is 10.4. The van der Waals surface area contributed by atoms with Gasteiger partial charge >= 0.3 is 12.0 Å². The number of non-ortho nitro benzene ring substituents is 1. The molecule has 4 rings (SSSR count). The number of nitrogens with zero attached hydrogens (tertiary/aromatic N) is 2. The van der Waals surface area contributed by atoms with Crippen LogP contribution in [0.1, 0.15) is 36.6 Å². The normalized spacial score (nSPS) is 14.1. The van der Waals surface area contributed by atoms with Gasteiger partial charge in [-0.25, -0.2) is 15.0 Å². The maximum atomic E-state index is 12.6. The number of hydrogen-bond acceptors (Lipinski definition) is 11. The third-order valence-corrected chi connectivity index (χ3v) is 7.11. The van der Waals surface area contributed by atoms with Gasteiger partial charge in [-0.05, 0) is 66.9 Å². The molecule has 0 radical (unpaired) electrons. The Morgan fingerprint density at radius 1 is 1.04 bits per heavy atom. The first kappa shape index (κ1) is 35.0. The topological polar surface area (TPSA) is 189 Å². The molecule has 0 spiro atoms. The van der Waals surface area contributed by atoms with Crippen molar-refractivity contribution in [3.63, 3.8) is 0 Å². The third kappa shape index (κ3) is 8.70. The maximum Gasteiger partial charge on any atom is 0.338 e. The number of nitro groups is 1. The number of carbonyl (C=O) groups is 3. The van der Waals surface area contributed by atoms with Crippen molar-refractivity contribution in [3.05, 3.63) is 97.7 Å². The molecule has 0 bridgehead atoms. The van der Waals surface area contributed by atoms with E-state index < -0.39 is 35.5 Å². The van der Waals surface area contributed by atoms with Crippen molar-refractivity contribution in [3.8, 4) is 23.0 Å². The average Bonchev–Trinajstić information content (AvgIpc) is 3.06. The average molecular weight is 682 g/mol. The van der Waals surface area contributed by atoms with Crippen LogP contribution in [0.15, 0.2) is 71.0 Å². The van der Waals surface area contributed by atoms with E-state index in [0.29, 0.717) is 28.1 Å². The fourth-order valence-corrected chi connectivity index (χ4v) is 4.86. The molecule has 48 heavy (non-hydrogen) atoms. The number of ether oxygens (including phenoxy) is 5. The van der Waals surface area contributed by atoms with Gasteiger partial charge in [0.15, 0.2) is 29.6 Å². The molecule has 0 unspecified atom stereocenters. The van der Waals surface area contributed by atoms with Crippen molar-refractivity contribution >= 4 is 41.4 Å². The van der Waals surface area contributed by atoms with Crippen molar-refractivity contribution < 1.29 is 43.0 Å². The molecule has 0 fully saturated rings. The number of hydrazone groups is 1. The van der Waals surface area contributed by atoms with Gasteiger partial charge in [-0.1, -0.05) is 17.7 Å². The van der Waals surface area contributed by atoms with E-state index in [9.17, 15) is 24.5 Å². The van der Waals surface area contributed by atoms with Crippen LogP contribution in [-0.2, 0) is 20.9 Å². The number of carbonyl (C=O) groups excluding carboxylic acids is 3. The molecule has 1 aliphatic rings. The number of amides is 3. The maximum absolute atomic E-state index is 12.6. The number of esters is 1. The number of benzene rings is 3. The largest absolute Gasteiger partial charge is 0.493 e. The summed E-state index contributed by atoms with van der Waals surface area (Å²) in [4.78, 5) is 47.6. The summed E-state index contributed by atoms with van der Waals surface area (Å²) in [6.45, 7) is 3.13. The molecule has 3 amide bonds. The minimum absolute atomic E-state index is 0.0320.